The standard InChI is InChI=1S/C52H68O9/c1-10-33(18-28(5)53)36-22-35(54)23-42(36)49-45(21-31(8)58-49)50-43(24-46(55)61-50)38-15-27(4)17-40(38)52-51(59-32(9)60-52)39-16-26(3)14-37(39)41-19-29(6)57-48(41)44-20-30(7)56-47(44)34-12-11-25(2)13-34/h33-34,36-45,47-52H,2-4,6-24H2,1,5H3. The highest BCUT2D eigenvalue weighted by Gasteiger charge is 2.60. The fourth-order valence-corrected chi connectivity index (χ4v) is 14.7. The van der Waals surface area contributed by atoms with Crippen LogP contribution in [-0.4, -0.2) is 54.2 Å². The fraction of sp³-hybridized carbons (Fsp3) is 0.673. The first-order valence-electron chi connectivity index (χ1n) is 23.4. The molecule has 0 aromatic rings. The first kappa shape index (κ1) is 42.3. The van der Waals surface area contributed by atoms with Crippen LogP contribution < -0.4 is 0 Å². The molecule has 330 valence electrons. The van der Waals surface area contributed by atoms with Gasteiger partial charge in [0.15, 0.2) is 0 Å². The molecule has 9 fully saturated rings. The average Bonchev–Trinajstić information content (AvgIpc) is 4.04. The van der Waals surface area contributed by atoms with E-state index in [1.165, 1.54) is 11.1 Å². The van der Waals surface area contributed by atoms with E-state index in [4.69, 9.17) is 28.4 Å². The highest BCUT2D eigenvalue weighted by atomic mass is 16.7. The monoisotopic (exact) mass is 836 g/mol. The van der Waals surface area contributed by atoms with E-state index < -0.39 is 6.10 Å². The van der Waals surface area contributed by atoms with Gasteiger partial charge in [0.05, 0.1) is 23.7 Å². The summed E-state index contributed by atoms with van der Waals surface area (Å²) in [4.78, 5) is 39.0. The SMILES string of the molecule is C=C1CCC(C2OC(=C)CC2C2OC(=C)CC2C2CC(=C)CC2C2OC(=C)OC2C2CC(=C)CC2C2CC(=O)OC2C2CC(=C)OC2C2CC(=O)CC2C(CC)CC(C)=O)C1. The molecule has 9 heteroatoms. The summed E-state index contributed by atoms with van der Waals surface area (Å²) in [5.41, 5.74) is 3.66. The van der Waals surface area contributed by atoms with Crippen LogP contribution in [0.25, 0.3) is 0 Å². The number of hydrogen-bond donors (Lipinski definition) is 0. The Morgan fingerprint density at radius 3 is 1.57 bits per heavy atom. The summed E-state index contributed by atoms with van der Waals surface area (Å²) in [6, 6.07) is 0. The number of cyclic esters (lactones) is 1. The summed E-state index contributed by atoms with van der Waals surface area (Å²) in [6.45, 7) is 34.3. The van der Waals surface area contributed by atoms with Crippen LogP contribution in [0.2, 0.25) is 0 Å². The van der Waals surface area contributed by atoms with Crippen molar-refractivity contribution in [1.29, 1.82) is 0 Å². The molecule has 4 saturated carbocycles. The maximum atomic E-state index is 13.5. The van der Waals surface area contributed by atoms with E-state index in [0.29, 0.717) is 49.7 Å². The second-order valence-electron chi connectivity index (χ2n) is 20.9. The average molecular weight is 837 g/mol. The second-order valence-corrected chi connectivity index (χ2v) is 20.9. The van der Waals surface area contributed by atoms with Crippen LogP contribution in [0.4, 0.5) is 0 Å². The van der Waals surface area contributed by atoms with Gasteiger partial charge >= 0.3 is 5.97 Å². The lowest BCUT2D eigenvalue weighted by molar-refractivity contribution is -0.145. The first-order valence-corrected chi connectivity index (χ1v) is 23.4. The van der Waals surface area contributed by atoms with E-state index in [2.05, 4.69) is 53.0 Å². The molecule has 18 atom stereocenters. The van der Waals surface area contributed by atoms with Crippen molar-refractivity contribution in [2.75, 3.05) is 0 Å². The highest BCUT2D eigenvalue weighted by Crippen LogP contribution is 2.58. The molecule has 61 heavy (non-hydrogen) atoms. The van der Waals surface area contributed by atoms with Crippen molar-refractivity contribution in [2.24, 2.45) is 71.0 Å². The molecule has 9 nitrogen and oxygen atoms in total. The number of allylic oxidation sites excluding steroid dienone is 6. The molecule has 18 unspecified atom stereocenters. The van der Waals surface area contributed by atoms with Crippen molar-refractivity contribution in [1.82, 2.24) is 0 Å². The fourth-order valence-electron chi connectivity index (χ4n) is 14.7. The number of carbonyl (C=O) groups excluding carboxylic acids is 3. The smallest absolute Gasteiger partial charge is 0.306 e. The molecule has 0 amide bonds. The van der Waals surface area contributed by atoms with Crippen LogP contribution in [0.3, 0.4) is 0 Å². The van der Waals surface area contributed by atoms with Crippen molar-refractivity contribution in [3.8, 4) is 0 Å². The van der Waals surface area contributed by atoms with Gasteiger partial charge in [0.25, 0.3) is 5.95 Å². The molecule has 5 saturated heterocycles. The van der Waals surface area contributed by atoms with Crippen molar-refractivity contribution in [2.45, 2.75) is 147 Å². The Bertz CT molecular complexity index is 1910. The number of Topliss-reactive ketones (excluding diaryl/α,β-unsaturated/α-hetero) is 2. The summed E-state index contributed by atoms with van der Waals surface area (Å²) >= 11 is 0. The second kappa shape index (κ2) is 16.6. The molecular weight excluding hydrogens is 769 g/mol. The Morgan fingerprint density at radius 2 is 1.02 bits per heavy atom. The van der Waals surface area contributed by atoms with Crippen molar-refractivity contribution >= 4 is 17.5 Å². The van der Waals surface area contributed by atoms with E-state index in [-0.39, 0.29) is 113 Å². The Hall–Kier alpha value is -4.01. The van der Waals surface area contributed by atoms with E-state index in [1.807, 2.05) is 0 Å². The topological polar surface area (TPSA) is 107 Å². The Kier molecular flexibility index (Phi) is 11.5. The van der Waals surface area contributed by atoms with E-state index in [0.717, 1.165) is 81.3 Å². The highest BCUT2D eigenvalue weighted by molar-refractivity contribution is 5.82. The lowest BCUT2D eigenvalue weighted by Gasteiger charge is -2.39. The van der Waals surface area contributed by atoms with Gasteiger partial charge in [-0.25, -0.2) is 0 Å². The van der Waals surface area contributed by atoms with Gasteiger partial charge in [-0.3, -0.25) is 9.59 Å². The summed E-state index contributed by atoms with van der Waals surface area (Å²) in [5, 5.41) is 0. The summed E-state index contributed by atoms with van der Waals surface area (Å²) < 4.78 is 39.6. The zero-order valence-corrected chi connectivity index (χ0v) is 36.6. The molecule has 0 aromatic heterocycles. The Morgan fingerprint density at radius 1 is 0.525 bits per heavy atom. The van der Waals surface area contributed by atoms with E-state index >= 15 is 0 Å². The van der Waals surface area contributed by atoms with E-state index in [1.54, 1.807) is 6.92 Å². The number of hydrogen-bond acceptors (Lipinski definition) is 9. The van der Waals surface area contributed by atoms with Gasteiger partial charge < -0.3 is 33.2 Å². The normalized spacial score (nSPS) is 44.1. The molecule has 4 aliphatic carbocycles. The molecule has 5 aliphatic heterocycles. The third kappa shape index (κ3) is 7.98. The number of esters is 1. The van der Waals surface area contributed by atoms with Crippen molar-refractivity contribution in [3.05, 3.63) is 86.0 Å². The summed E-state index contributed by atoms with van der Waals surface area (Å²) in [5.74, 6) is 3.91. The van der Waals surface area contributed by atoms with Gasteiger partial charge in [-0.1, -0.05) is 69.5 Å². The van der Waals surface area contributed by atoms with Gasteiger partial charge in [-0.05, 0) is 82.1 Å². The number of carbonyl (C=O) groups is 3. The predicted octanol–water partition coefficient (Wildman–Crippen LogP) is 10.1. The molecule has 0 N–H and O–H groups in total. The minimum atomic E-state index is -0.405. The zero-order chi connectivity index (χ0) is 43.0. The van der Waals surface area contributed by atoms with Crippen LogP contribution in [0.1, 0.15) is 110 Å². The zero-order valence-electron chi connectivity index (χ0n) is 36.6. The molecule has 0 aromatic carbocycles. The molecule has 0 radical (unpaired) electrons. The summed E-state index contributed by atoms with van der Waals surface area (Å²) in [7, 11) is 0. The number of ketones is 2. The number of rotatable bonds is 12. The van der Waals surface area contributed by atoms with E-state index in [9.17, 15) is 14.4 Å². The van der Waals surface area contributed by atoms with Gasteiger partial charge in [-0.2, -0.15) is 0 Å². The lowest BCUT2D eigenvalue weighted by Crippen LogP contribution is -2.46. The maximum Gasteiger partial charge on any atom is 0.306 e. The van der Waals surface area contributed by atoms with Gasteiger partial charge in [0, 0.05) is 85.9 Å². The largest absolute Gasteiger partial charge is 0.495 e. The molecule has 5 heterocycles. The summed E-state index contributed by atoms with van der Waals surface area (Å²) in [6.07, 6.45) is 9.68. The third-order valence-corrected chi connectivity index (χ3v) is 17.0. The Labute approximate surface area is 363 Å². The van der Waals surface area contributed by atoms with Gasteiger partial charge in [0.2, 0.25) is 0 Å². The molecule has 0 bridgehead atoms. The molecule has 9 aliphatic rings. The van der Waals surface area contributed by atoms with Crippen LogP contribution in [0, 0.1) is 71.0 Å². The third-order valence-electron chi connectivity index (χ3n) is 17.0. The Balaban J connectivity index is 0.976. The number of ether oxygens (including phenoxy) is 6. The van der Waals surface area contributed by atoms with Gasteiger partial charge in [-0.15, -0.1) is 0 Å². The van der Waals surface area contributed by atoms with Gasteiger partial charge in [0.1, 0.15) is 48.2 Å². The van der Waals surface area contributed by atoms with Crippen molar-refractivity contribution < 1.29 is 42.8 Å². The minimum Gasteiger partial charge on any atom is -0.495 e. The quantitative estimate of drug-likeness (QED) is 0.140. The maximum absolute atomic E-state index is 13.5. The van der Waals surface area contributed by atoms with Crippen LogP contribution in [0.15, 0.2) is 86.0 Å². The molecule has 0 spiro atoms. The minimum absolute atomic E-state index is 0.0232. The molecule has 9 rings (SSSR count). The molecular formula is C52H68O9. The van der Waals surface area contributed by atoms with Crippen LogP contribution in [0.5, 0.6) is 0 Å². The first-order chi connectivity index (χ1) is 29.1. The van der Waals surface area contributed by atoms with Crippen LogP contribution in [-0.2, 0) is 42.8 Å². The van der Waals surface area contributed by atoms with Crippen molar-refractivity contribution in [3.63, 3.8) is 0 Å². The lowest BCUT2D eigenvalue weighted by atomic mass is 9.68. The predicted molar refractivity (Wildman–Crippen MR) is 231 cm³/mol. The van der Waals surface area contributed by atoms with Crippen LogP contribution >= 0.6 is 0 Å².